The molecule has 110 valence electrons. The molecule has 0 aliphatic carbocycles. The lowest BCUT2D eigenvalue weighted by atomic mass is 9.80. The van der Waals surface area contributed by atoms with Crippen LogP contribution < -0.4 is 10.6 Å². The molecule has 4 nitrogen and oxygen atoms in total. The van der Waals surface area contributed by atoms with E-state index in [2.05, 4.69) is 28.5 Å². The van der Waals surface area contributed by atoms with Crippen LogP contribution >= 0.6 is 0 Å². The van der Waals surface area contributed by atoms with Crippen LogP contribution in [0.4, 0.5) is 5.69 Å². The minimum absolute atomic E-state index is 0.144. The molecule has 1 aromatic carbocycles. The van der Waals surface area contributed by atoms with Crippen LogP contribution in [-0.2, 0) is 11.3 Å². The first-order valence-corrected chi connectivity index (χ1v) is 7.26. The predicted octanol–water partition coefficient (Wildman–Crippen LogP) is 2.08. The van der Waals surface area contributed by atoms with Gasteiger partial charge in [-0.3, -0.25) is 4.79 Å². The Hall–Kier alpha value is -1.39. The van der Waals surface area contributed by atoms with Gasteiger partial charge in [-0.25, -0.2) is 0 Å². The van der Waals surface area contributed by atoms with Crippen LogP contribution in [0.3, 0.4) is 0 Å². The molecule has 2 N–H and O–H groups in total. The molecule has 1 saturated heterocycles. The van der Waals surface area contributed by atoms with Gasteiger partial charge >= 0.3 is 0 Å². The van der Waals surface area contributed by atoms with Crippen molar-refractivity contribution in [1.29, 1.82) is 0 Å². The molecule has 0 bridgehead atoms. The Morgan fingerprint density at radius 1 is 1.30 bits per heavy atom. The normalized spacial score (nSPS) is 18.0. The molecule has 0 radical (unpaired) electrons. The third-order valence-corrected chi connectivity index (χ3v) is 4.01. The van der Waals surface area contributed by atoms with E-state index in [9.17, 15) is 4.79 Å². The first-order valence-electron chi connectivity index (χ1n) is 7.26. The Morgan fingerprint density at radius 2 is 1.95 bits per heavy atom. The number of hydrogen-bond donors (Lipinski definition) is 2. The van der Waals surface area contributed by atoms with E-state index in [0.717, 1.165) is 43.7 Å². The van der Waals surface area contributed by atoms with Gasteiger partial charge in [0.1, 0.15) is 0 Å². The highest BCUT2D eigenvalue weighted by molar-refractivity contribution is 5.95. The molecule has 0 unspecified atom stereocenters. The van der Waals surface area contributed by atoms with E-state index in [1.165, 1.54) is 0 Å². The standard InChI is InChI=1S/C16H25N3O/c1-16(8-10-17-11-9-16)15(20)18-14-7-5-4-6-13(14)12-19(2)3/h4-7,17H,8-12H2,1-3H3,(H,18,20). The predicted molar refractivity (Wildman–Crippen MR) is 82.7 cm³/mol. The number of benzene rings is 1. The van der Waals surface area contributed by atoms with E-state index in [1.807, 2.05) is 32.3 Å². The van der Waals surface area contributed by atoms with E-state index < -0.39 is 0 Å². The van der Waals surface area contributed by atoms with Crippen molar-refractivity contribution in [3.63, 3.8) is 0 Å². The molecule has 20 heavy (non-hydrogen) atoms. The number of anilines is 1. The molecule has 0 atom stereocenters. The summed E-state index contributed by atoms with van der Waals surface area (Å²) in [6.07, 6.45) is 1.80. The van der Waals surface area contributed by atoms with E-state index in [1.54, 1.807) is 0 Å². The number of para-hydroxylation sites is 1. The van der Waals surface area contributed by atoms with Crippen molar-refractivity contribution < 1.29 is 4.79 Å². The summed E-state index contributed by atoms with van der Waals surface area (Å²) >= 11 is 0. The van der Waals surface area contributed by atoms with Crippen molar-refractivity contribution in [3.8, 4) is 0 Å². The fraction of sp³-hybridized carbons (Fsp3) is 0.562. The summed E-state index contributed by atoms with van der Waals surface area (Å²) in [5, 5.41) is 6.44. The van der Waals surface area contributed by atoms with Gasteiger partial charge in [0.15, 0.2) is 0 Å². The maximum absolute atomic E-state index is 12.6. The lowest BCUT2D eigenvalue weighted by Crippen LogP contribution is -2.43. The zero-order valence-electron chi connectivity index (χ0n) is 12.7. The minimum Gasteiger partial charge on any atom is -0.325 e. The van der Waals surface area contributed by atoms with Gasteiger partial charge in [0.05, 0.1) is 0 Å². The molecule has 4 heteroatoms. The summed E-state index contributed by atoms with van der Waals surface area (Å²) in [5.41, 5.74) is 1.84. The number of carbonyl (C=O) groups excluding carboxylic acids is 1. The van der Waals surface area contributed by atoms with Crippen molar-refractivity contribution in [2.45, 2.75) is 26.3 Å². The summed E-state index contributed by atoms with van der Waals surface area (Å²) in [5.74, 6) is 0.144. The van der Waals surface area contributed by atoms with Crippen LogP contribution in [0.5, 0.6) is 0 Å². The van der Waals surface area contributed by atoms with Crippen LogP contribution in [0, 0.1) is 5.41 Å². The van der Waals surface area contributed by atoms with Crippen LogP contribution in [0.25, 0.3) is 0 Å². The largest absolute Gasteiger partial charge is 0.325 e. The van der Waals surface area contributed by atoms with Crippen LogP contribution in [-0.4, -0.2) is 38.0 Å². The fourth-order valence-corrected chi connectivity index (χ4v) is 2.60. The molecule has 1 amide bonds. The summed E-state index contributed by atoms with van der Waals surface area (Å²) in [4.78, 5) is 14.7. The fourth-order valence-electron chi connectivity index (χ4n) is 2.60. The van der Waals surface area contributed by atoms with E-state index >= 15 is 0 Å². The average Bonchev–Trinajstić information content (AvgIpc) is 2.41. The first-order chi connectivity index (χ1) is 9.51. The van der Waals surface area contributed by atoms with Gasteiger partial charge in [-0.1, -0.05) is 25.1 Å². The SMILES string of the molecule is CN(C)Cc1ccccc1NC(=O)C1(C)CCNCC1. The smallest absolute Gasteiger partial charge is 0.230 e. The molecule has 1 aliphatic heterocycles. The van der Waals surface area contributed by atoms with Crippen molar-refractivity contribution in [2.75, 3.05) is 32.5 Å². The van der Waals surface area contributed by atoms with Gasteiger partial charge in [-0.15, -0.1) is 0 Å². The number of piperidine rings is 1. The summed E-state index contributed by atoms with van der Waals surface area (Å²) in [6, 6.07) is 8.04. The zero-order chi connectivity index (χ0) is 14.6. The highest BCUT2D eigenvalue weighted by Gasteiger charge is 2.34. The molecule has 1 aromatic rings. The molecule has 1 aliphatic rings. The third-order valence-electron chi connectivity index (χ3n) is 4.01. The summed E-state index contributed by atoms with van der Waals surface area (Å²) < 4.78 is 0. The molecule has 1 fully saturated rings. The van der Waals surface area contributed by atoms with E-state index in [-0.39, 0.29) is 11.3 Å². The van der Waals surface area contributed by atoms with Gasteiger partial charge in [0, 0.05) is 17.6 Å². The second-order valence-electron chi connectivity index (χ2n) is 6.16. The molecule has 2 rings (SSSR count). The Labute approximate surface area is 121 Å². The number of rotatable bonds is 4. The Kier molecular flexibility index (Phi) is 4.78. The van der Waals surface area contributed by atoms with E-state index in [4.69, 9.17) is 0 Å². The molecular formula is C16H25N3O. The lowest BCUT2D eigenvalue weighted by molar-refractivity contribution is -0.126. The first kappa shape index (κ1) is 15.0. The summed E-state index contributed by atoms with van der Waals surface area (Å²) in [7, 11) is 4.07. The molecule has 1 heterocycles. The Balaban J connectivity index is 2.11. The van der Waals surface area contributed by atoms with Gasteiger partial charge in [0.2, 0.25) is 5.91 Å². The number of carbonyl (C=O) groups is 1. The lowest BCUT2D eigenvalue weighted by Gasteiger charge is -2.32. The van der Waals surface area contributed by atoms with Crippen molar-refractivity contribution >= 4 is 11.6 Å². The van der Waals surface area contributed by atoms with Crippen LogP contribution in [0.2, 0.25) is 0 Å². The molecule has 0 saturated carbocycles. The van der Waals surface area contributed by atoms with Crippen LogP contribution in [0.1, 0.15) is 25.3 Å². The highest BCUT2D eigenvalue weighted by Crippen LogP contribution is 2.30. The van der Waals surface area contributed by atoms with Crippen molar-refractivity contribution in [3.05, 3.63) is 29.8 Å². The van der Waals surface area contributed by atoms with Gasteiger partial charge in [0.25, 0.3) is 0 Å². The zero-order valence-corrected chi connectivity index (χ0v) is 12.7. The Morgan fingerprint density at radius 3 is 2.60 bits per heavy atom. The van der Waals surface area contributed by atoms with E-state index in [0.29, 0.717) is 0 Å². The topological polar surface area (TPSA) is 44.4 Å². The van der Waals surface area contributed by atoms with Crippen molar-refractivity contribution in [2.24, 2.45) is 5.41 Å². The number of nitrogens with zero attached hydrogens (tertiary/aromatic N) is 1. The quantitative estimate of drug-likeness (QED) is 0.884. The average molecular weight is 275 g/mol. The van der Waals surface area contributed by atoms with Gasteiger partial charge in [-0.05, 0) is 51.7 Å². The third kappa shape index (κ3) is 3.58. The van der Waals surface area contributed by atoms with Gasteiger partial charge < -0.3 is 15.5 Å². The molecular weight excluding hydrogens is 250 g/mol. The highest BCUT2D eigenvalue weighted by atomic mass is 16.2. The maximum Gasteiger partial charge on any atom is 0.230 e. The van der Waals surface area contributed by atoms with Crippen LogP contribution in [0.15, 0.2) is 24.3 Å². The monoisotopic (exact) mass is 275 g/mol. The number of nitrogens with one attached hydrogen (secondary N) is 2. The minimum atomic E-state index is -0.253. The Bertz CT molecular complexity index is 465. The maximum atomic E-state index is 12.6. The van der Waals surface area contributed by atoms with Crippen molar-refractivity contribution in [1.82, 2.24) is 10.2 Å². The van der Waals surface area contributed by atoms with Gasteiger partial charge in [-0.2, -0.15) is 0 Å². The number of amides is 1. The second-order valence-corrected chi connectivity index (χ2v) is 6.16. The summed E-state index contributed by atoms with van der Waals surface area (Å²) in [6.45, 7) is 4.74. The number of hydrogen-bond acceptors (Lipinski definition) is 3. The molecule has 0 spiro atoms. The molecule has 0 aromatic heterocycles. The second kappa shape index (κ2) is 6.37.